The highest BCUT2D eigenvalue weighted by Crippen LogP contribution is 2.26. The number of aromatic nitrogens is 2. The number of carbonyl (C=O) groups excluding carboxylic acids is 1. The maximum atomic E-state index is 10.8. The number of amidine groups is 1. The third-order valence-electron chi connectivity index (χ3n) is 2.83. The van der Waals surface area contributed by atoms with Crippen molar-refractivity contribution in [1.29, 1.82) is 0 Å². The first-order valence-electron chi connectivity index (χ1n) is 6.23. The van der Waals surface area contributed by atoms with E-state index in [1.54, 1.807) is 17.9 Å². The second-order valence-corrected chi connectivity index (χ2v) is 5.51. The van der Waals surface area contributed by atoms with Crippen LogP contribution in [0.2, 0.25) is 0 Å². The Labute approximate surface area is 117 Å². The Morgan fingerprint density at radius 1 is 1.55 bits per heavy atom. The molecule has 0 aliphatic carbocycles. The molecule has 1 aromatic heterocycles. The second kappa shape index (κ2) is 6.31. The Hall–Kier alpha value is -2.18. The molecule has 0 atom stereocenters. The summed E-state index contributed by atoms with van der Waals surface area (Å²) in [5, 5.41) is 15.5. The van der Waals surface area contributed by atoms with Gasteiger partial charge in [0.05, 0.1) is 12.6 Å². The zero-order valence-electron chi connectivity index (χ0n) is 12.2. The maximum Gasteiger partial charge on any atom is 0.303 e. The number of nitrogens with one attached hydrogen (secondary N) is 1. The maximum absolute atomic E-state index is 10.8. The molecule has 2 N–H and O–H groups in total. The summed E-state index contributed by atoms with van der Waals surface area (Å²) >= 11 is 0. The summed E-state index contributed by atoms with van der Waals surface area (Å²) in [5.74, 6) is 0.190. The Morgan fingerprint density at radius 2 is 2.20 bits per heavy atom. The summed E-state index contributed by atoms with van der Waals surface area (Å²) in [7, 11) is 1.76. The minimum atomic E-state index is -0.878. The van der Waals surface area contributed by atoms with Gasteiger partial charge in [0.25, 0.3) is 0 Å². The molecule has 0 aliphatic rings. The van der Waals surface area contributed by atoms with E-state index in [2.05, 4.69) is 15.4 Å². The van der Waals surface area contributed by atoms with E-state index in [9.17, 15) is 9.59 Å². The highest BCUT2D eigenvalue weighted by molar-refractivity contribution is 5.92. The quantitative estimate of drug-likeness (QED) is 0.467. The molecule has 7 nitrogen and oxygen atoms in total. The van der Waals surface area contributed by atoms with Crippen LogP contribution in [-0.2, 0) is 16.6 Å². The first kappa shape index (κ1) is 15.9. The minimum Gasteiger partial charge on any atom is -0.481 e. The van der Waals surface area contributed by atoms with E-state index in [1.807, 2.05) is 20.8 Å². The normalized spacial score (nSPS) is 12.3. The molecule has 1 rings (SSSR count). The van der Waals surface area contributed by atoms with Crippen LogP contribution in [0, 0.1) is 12.3 Å². The first-order valence-corrected chi connectivity index (χ1v) is 6.23. The third-order valence-corrected chi connectivity index (χ3v) is 2.83. The van der Waals surface area contributed by atoms with Crippen molar-refractivity contribution in [2.75, 3.05) is 0 Å². The average Bonchev–Trinajstić information content (AvgIpc) is 2.58. The number of carboxylic acids is 1. The van der Waals surface area contributed by atoms with E-state index in [0.717, 1.165) is 5.56 Å². The van der Waals surface area contributed by atoms with Gasteiger partial charge < -0.3 is 10.4 Å². The zero-order valence-corrected chi connectivity index (χ0v) is 12.2. The van der Waals surface area contributed by atoms with Crippen LogP contribution in [0.1, 0.15) is 32.3 Å². The van der Waals surface area contributed by atoms with Crippen LogP contribution in [0.3, 0.4) is 0 Å². The fraction of sp³-hybridized carbons (Fsp3) is 0.538. The van der Waals surface area contributed by atoms with Crippen molar-refractivity contribution >= 4 is 24.0 Å². The first-order chi connectivity index (χ1) is 9.25. The summed E-state index contributed by atoms with van der Waals surface area (Å²) in [4.78, 5) is 25.9. The molecular weight excluding hydrogens is 260 g/mol. The topological polar surface area (TPSA) is 96.6 Å². The Balaban J connectivity index is 3.00. The molecule has 0 unspecified atom stereocenters. The van der Waals surface area contributed by atoms with Crippen molar-refractivity contribution in [2.24, 2.45) is 17.5 Å². The van der Waals surface area contributed by atoms with Crippen molar-refractivity contribution in [1.82, 2.24) is 15.1 Å². The van der Waals surface area contributed by atoms with Gasteiger partial charge in [-0.3, -0.25) is 14.3 Å². The molecular formula is C13H20N4O3. The average molecular weight is 280 g/mol. The Bertz CT molecular complexity index is 512. The van der Waals surface area contributed by atoms with E-state index in [-0.39, 0.29) is 6.42 Å². The largest absolute Gasteiger partial charge is 0.481 e. The molecule has 7 heteroatoms. The van der Waals surface area contributed by atoms with Gasteiger partial charge in [0, 0.05) is 19.0 Å². The lowest BCUT2D eigenvalue weighted by atomic mass is 9.85. The zero-order chi connectivity index (χ0) is 15.3. The van der Waals surface area contributed by atoms with E-state index >= 15 is 0 Å². The highest BCUT2D eigenvalue weighted by atomic mass is 16.4. The minimum absolute atomic E-state index is 0.00305. The molecule has 0 saturated heterocycles. The fourth-order valence-corrected chi connectivity index (χ4v) is 1.95. The number of hydrogen-bond acceptors (Lipinski definition) is 4. The van der Waals surface area contributed by atoms with E-state index in [0.29, 0.717) is 24.5 Å². The van der Waals surface area contributed by atoms with E-state index in [1.165, 1.54) is 0 Å². The summed E-state index contributed by atoms with van der Waals surface area (Å²) in [5.41, 5.74) is 0.376. The summed E-state index contributed by atoms with van der Waals surface area (Å²) in [6, 6.07) is 0. The molecule has 1 heterocycles. The summed E-state index contributed by atoms with van der Waals surface area (Å²) in [6.07, 6.45) is 2.57. The number of rotatable bonds is 6. The molecule has 0 saturated carbocycles. The van der Waals surface area contributed by atoms with Gasteiger partial charge in [0.15, 0.2) is 5.82 Å². The summed E-state index contributed by atoms with van der Waals surface area (Å²) < 4.78 is 1.60. The molecule has 0 fully saturated rings. The molecule has 0 aromatic carbocycles. The van der Waals surface area contributed by atoms with Crippen LogP contribution in [0.5, 0.6) is 0 Å². The molecule has 0 radical (unpaired) electrons. The number of hydrogen-bond donors (Lipinski definition) is 2. The van der Waals surface area contributed by atoms with Crippen molar-refractivity contribution in [3.8, 4) is 0 Å². The van der Waals surface area contributed by atoms with Gasteiger partial charge in [-0.25, -0.2) is 4.99 Å². The van der Waals surface area contributed by atoms with Crippen LogP contribution in [-0.4, -0.2) is 33.1 Å². The number of aliphatic carboxylic acids is 1. The van der Waals surface area contributed by atoms with Gasteiger partial charge in [-0.05, 0) is 12.3 Å². The van der Waals surface area contributed by atoms with Crippen LogP contribution < -0.4 is 5.32 Å². The molecule has 0 spiro atoms. The van der Waals surface area contributed by atoms with Crippen molar-refractivity contribution in [3.63, 3.8) is 0 Å². The van der Waals surface area contributed by atoms with Gasteiger partial charge in [0.2, 0.25) is 6.41 Å². The van der Waals surface area contributed by atoms with Gasteiger partial charge in [0.1, 0.15) is 5.84 Å². The third kappa shape index (κ3) is 4.49. The highest BCUT2D eigenvalue weighted by Gasteiger charge is 2.24. The number of aryl methyl sites for hydroxylation is 2. The number of amides is 1. The van der Waals surface area contributed by atoms with Crippen LogP contribution in [0.15, 0.2) is 11.2 Å². The standard InChI is InChI=1S/C13H20N4O3/c1-9-7-15-17(4)12(9)16-10(14-8-18)5-13(2,3)6-11(19)20/h7-8H,5-6H2,1-4H3,(H,19,20)(H,14,16,18). The van der Waals surface area contributed by atoms with Gasteiger partial charge in [-0.15, -0.1) is 0 Å². The van der Waals surface area contributed by atoms with Crippen molar-refractivity contribution < 1.29 is 14.7 Å². The van der Waals surface area contributed by atoms with Crippen molar-refractivity contribution in [2.45, 2.75) is 33.6 Å². The SMILES string of the molecule is Cc1cnn(C)c1/N=C(/CC(C)(C)CC(=O)O)NC=O. The number of carbonyl (C=O) groups is 2. The lowest BCUT2D eigenvalue weighted by molar-refractivity contribution is -0.139. The van der Waals surface area contributed by atoms with Crippen LogP contribution in [0.25, 0.3) is 0 Å². The lowest BCUT2D eigenvalue weighted by Crippen LogP contribution is -2.29. The van der Waals surface area contributed by atoms with Crippen LogP contribution >= 0.6 is 0 Å². The smallest absolute Gasteiger partial charge is 0.303 e. The predicted molar refractivity (Wildman–Crippen MR) is 74.9 cm³/mol. The predicted octanol–water partition coefficient (Wildman–Crippen LogP) is 1.40. The second-order valence-electron chi connectivity index (χ2n) is 5.51. The van der Waals surface area contributed by atoms with E-state index < -0.39 is 11.4 Å². The van der Waals surface area contributed by atoms with Crippen molar-refractivity contribution in [3.05, 3.63) is 11.8 Å². The Morgan fingerprint density at radius 3 is 2.65 bits per heavy atom. The molecule has 1 aromatic rings. The van der Waals surface area contributed by atoms with Crippen LogP contribution in [0.4, 0.5) is 5.82 Å². The molecule has 1 amide bonds. The van der Waals surface area contributed by atoms with Gasteiger partial charge >= 0.3 is 5.97 Å². The molecule has 0 aliphatic heterocycles. The number of nitrogens with zero attached hydrogens (tertiary/aromatic N) is 3. The van der Waals surface area contributed by atoms with E-state index in [4.69, 9.17) is 5.11 Å². The summed E-state index contributed by atoms with van der Waals surface area (Å²) in [6.45, 7) is 5.51. The number of aliphatic imine (C=N–C) groups is 1. The van der Waals surface area contributed by atoms with Gasteiger partial charge in [-0.2, -0.15) is 5.10 Å². The fourth-order valence-electron chi connectivity index (χ4n) is 1.95. The van der Waals surface area contributed by atoms with Gasteiger partial charge in [-0.1, -0.05) is 13.8 Å². The molecule has 110 valence electrons. The number of carboxylic acid groups (broad SMARTS) is 1. The monoisotopic (exact) mass is 280 g/mol. The molecule has 20 heavy (non-hydrogen) atoms. The molecule has 0 bridgehead atoms. The lowest BCUT2D eigenvalue weighted by Gasteiger charge is -2.22. The Kier molecular flexibility index (Phi) is 5.01.